The summed E-state index contributed by atoms with van der Waals surface area (Å²) < 4.78 is 46.2. The predicted octanol–water partition coefficient (Wildman–Crippen LogP) is 2.72. The van der Waals surface area contributed by atoms with Crippen molar-refractivity contribution in [3.05, 3.63) is 113 Å². The topological polar surface area (TPSA) is 296 Å². The Morgan fingerprint density at radius 2 is 1.75 bits per heavy atom. The standard InChI is InChI=1S/C42H37F3N14O8/c43-42(44,45)21-50-31-17-23(11-14-48-31)39-52-29(20-67-39)37(63)51-28-19-58(55-34(28)35(46)61)25-7-5-22(6-8-25)36(62)49-15-12-24-18-57(56-54-24)16-2-13-47-27-4-1-3-26-33(27)41(66)59(40(26)65)30-9-10-32(60)53-38(30)64/h1,3-8,11,14,17-20,30,47H,2,9-10,12-13,15-16,21H2,(H2,46,61)(H,48,50)(H,49,62)(H,51,63)(H,53,60,64). The molecule has 0 aliphatic carbocycles. The van der Waals surface area contributed by atoms with Crippen LogP contribution in [0.1, 0.15) is 77.0 Å². The second kappa shape index (κ2) is 18.8. The smallest absolute Gasteiger partial charge is 0.405 e. The van der Waals surface area contributed by atoms with Crippen LogP contribution in [0.25, 0.3) is 17.1 Å². The Kier molecular flexibility index (Phi) is 12.5. The molecule has 6 aromatic rings. The first kappa shape index (κ1) is 44.8. The average molecular weight is 923 g/mol. The van der Waals surface area contributed by atoms with Crippen molar-refractivity contribution in [2.75, 3.05) is 35.6 Å². The number of pyridine rings is 1. The second-order valence-electron chi connectivity index (χ2n) is 15.1. The van der Waals surface area contributed by atoms with Crippen molar-refractivity contribution >= 4 is 58.5 Å². The molecule has 0 radical (unpaired) electrons. The highest BCUT2D eigenvalue weighted by atomic mass is 19.4. The number of hydrogen-bond acceptors (Lipinski definition) is 15. The summed E-state index contributed by atoms with van der Waals surface area (Å²) >= 11 is 0. The molecule has 0 saturated carbocycles. The Balaban J connectivity index is 0.797. The first-order valence-electron chi connectivity index (χ1n) is 20.4. The maximum atomic E-state index is 13.3. The molecular formula is C42H37F3N14O8. The highest BCUT2D eigenvalue weighted by Gasteiger charge is 2.45. The number of nitrogens with two attached hydrogens (primary N) is 1. The van der Waals surface area contributed by atoms with Crippen LogP contribution in [-0.4, -0.2) is 113 Å². The van der Waals surface area contributed by atoms with E-state index < -0.39 is 54.2 Å². The van der Waals surface area contributed by atoms with E-state index in [9.17, 15) is 46.7 Å². The number of alkyl halides is 3. The van der Waals surface area contributed by atoms with Gasteiger partial charge in [-0.15, -0.1) is 5.10 Å². The number of hydrogen-bond donors (Lipinski definition) is 6. The van der Waals surface area contributed by atoms with Crippen LogP contribution < -0.4 is 32.3 Å². The van der Waals surface area contributed by atoms with E-state index in [1.807, 2.05) is 0 Å². The molecule has 7 amide bonds. The molecule has 67 heavy (non-hydrogen) atoms. The fourth-order valence-corrected chi connectivity index (χ4v) is 7.19. The maximum absolute atomic E-state index is 13.3. The van der Waals surface area contributed by atoms with Crippen LogP contribution in [0.15, 0.2) is 83.9 Å². The van der Waals surface area contributed by atoms with E-state index in [-0.39, 0.29) is 70.8 Å². The highest BCUT2D eigenvalue weighted by molar-refractivity contribution is 6.25. The van der Waals surface area contributed by atoms with Gasteiger partial charge in [0, 0.05) is 61.7 Å². The number of aryl methyl sites for hydroxylation is 1. The summed E-state index contributed by atoms with van der Waals surface area (Å²) in [6, 6.07) is 12.7. The number of nitrogens with one attached hydrogen (secondary N) is 5. The third kappa shape index (κ3) is 10.1. The van der Waals surface area contributed by atoms with Crippen molar-refractivity contribution in [1.29, 1.82) is 0 Å². The number of oxazole rings is 1. The number of piperidine rings is 1. The Bertz CT molecular complexity index is 2930. The van der Waals surface area contributed by atoms with E-state index in [1.54, 1.807) is 35.1 Å². The van der Waals surface area contributed by atoms with Crippen LogP contribution in [0.3, 0.4) is 0 Å². The summed E-state index contributed by atoms with van der Waals surface area (Å²) in [6.07, 6.45) is 1.90. The fraction of sp³-hybridized carbons (Fsp3) is 0.238. The molecule has 344 valence electrons. The molecule has 1 saturated heterocycles. The van der Waals surface area contributed by atoms with Gasteiger partial charge in [-0.05, 0) is 61.4 Å². The third-order valence-electron chi connectivity index (χ3n) is 10.4. The van der Waals surface area contributed by atoms with Gasteiger partial charge >= 0.3 is 6.18 Å². The fourth-order valence-electron chi connectivity index (χ4n) is 7.19. The van der Waals surface area contributed by atoms with Gasteiger partial charge in [0.1, 0.15) is 24.7 Å². The largest absolute Gasteiger partial charge is 0.444 e. The van der Waals surface area contributed by atoms with Gasteiger partial charge in [0.25, 0.3) is 29.5 Å². The van der Waals surface area contributed by atoms with Crippen molar-refractivity contribution in [2.45, 2.75) is 44.4 Å². The molecule has 0 bridgehead atoms. The number of halogens is 3. The number of anilines is 3. The van der Waals surface area contributed by atoms with Crippen LogP contribution in [-0.2, 0) is 22.6 Å². The summed E-state index contributed by atoms with van der Waals surface area (Å²) in [5, 5.41) is 25.4. The molecular weight excluding hydrogens is 886 g/mol. The van der Waals surface area contributed by atoms with E-state index in [0.29, 0.717) is 48.6 Å². The number of amides is 7. The van der Waals surface area contributed by atoms with Crippen LogP contribution in [0.4, 0.5) is 30.4 Å². The van der Waals surface area contributed by atoms with Gasteiger partial charge in [-0.1, -0.05) is 11.3 Å². The minimum atomic E-state index is -4.47. The van der Waals surface area contributed by atoms with E-state index >= 15 is 0 Å². The Morgan fingerprint density at radius 1 is 0.940 bits per heavy atom. The highest BCUT2D eigenvalue weighted by Crippen LogP contribution is 2.32. The first-order chi connectivity index (χ1) is 32.1. The molecule has 0 spiro atoms. The number of nitrogens with zero attached hydrogens (tertiary/aromatic N) is 8. The Labute approximate surface area is 375 Å². The van der Waals surface area contributed by atoms with Gasteiger partial charge in [-0.25, -0.2) is 14.6 Å². The molecule has 1 fully saturated rings. The number of aromatic nitrogens is 7. The number of carbonyl (C=O) groups excluding carboxylic acids is 7. The number of primary amides is 1. The number of rotatable bonds is 17. The van der Waals surface area contributed by atoms with Gasteiger partial charge in [0.2, 0.25) is 17.7 Å². The number of fused-ring (bicyclic) bond motifs is 1. The summed E-state index contributed by atoms with van der Waals surface area (Å²) in [6.45, 7) is -0.201. The molecule has 2 aromatic carbocycles. The number of benzene rings is 2. The lowest BCUT2D eigenvalue weighted by atomic mass is 10.0. The maximum Gasteiger partial charge on any atom is 0.405 e. The monoisotopic (exact) mass is 922 g/mol. The van der Waals surface area contributed by atoms with Crippen LogP contribution in [0.5, 0.6) is 0 Å². The number of carbonyl (C=O) groups is 7. The van der Waals surface area contributed by atoms with Crippen molar-refractivity contribution in [2.24, 2.45) is 5.73 Å². The predicted molar refractivity (Wildman–Crippen MR) is 227 cm³/mol. The number of imide groups is 2. The van der Waals surface area contributed by atoms with Crippen molar-refractivity contribution in [3.8, 4) is 17.1 Å². The summed E-state index contributed by atoms with van der Waals surface area (Å²) in [4.78, 5) is 97.7. The zero-order valence-corrected chi connectivity index (χ0v) is 34.8. The Hall–Kier alpha value is -8.77. The lowest BCUT2D eigenvalue weighted by Gasteiger charge is -2.27. The Morgan fingerprint density at radius 3 is 2.51 bits per heavy atom. The van der Waals surface area contributed by atoms with E-state index in [0.717, 1.165) is 11.2 Å². The molecule has 2 aliphatic heterocycles. The minimum Gasteiger partial charge on any atom is -0.444 e. The zero-order valence-electron chi connectivity index (χ0n) is 34.8. The minimum absolute atomic E-state index is 0.0235. The summed E-state index contributed by atoms with van der Waals surface area (Å²) in [5.41, 5.74) is 7.35. The van der Waals surface area contributed by atoms with Gasteiger partial charge < -0.3 is 31.4 Å². The molecule has 7 N–H and O–H groups in total. The van der Waals surface area contributed by atoms with Gasteiger partial charge in [-0.3, -0.25) is 48.5 Å². The van der Waals surface area contributed by atoms with Gasteiger partial charge in [-0.2, -0.15) is 18.3 Å². The van der Waals surface area contributed by atoms with Crippen molar-refractivity contribution in [3.63, 3.8) is 0 Å². The molecule has 25 heteroatoms. The van der Waals surface area contributed by atoms with E-state index in [1.165, 1.54) is 47.4 Å². The molecule has 6 heterocycles. The molecule has 1 unspecified atom stereocenters. The van der Waals surface area contributed by atoms with Crippen LogP contribution in [0.2, 0.25) is 0 Å². The molecule has 2 aliphatic rings. The molecule has 8 rings (SSSR count). The quantitative estimate of drug-likeness (QED) is 0.0566. The summed E-state index contributed by atoms with van der Waals surface area (Å²) in [5.74, 6) is -4.64. The SMILES string of the molecule is NC(=O)c1nn(-c2ccc(C(=O)NCCc3cn(CCCNc4cccc5c4C(=O)N(C4CCC(=O)NC4=O)C5=O)nn3)cc2)cc1NC(=O)c1coc(-c2ccnc(NCC(F)(F)F)c2)n1. The van der Waals surface area contributed by atoms with Gasteiger partial charge in [0.15, 0.2) is 11.4 Å². The summed E-state index contributed by atoms with van der Waals surface area (Å²) in [7, 11) is 0. The first-order valence-corrected chi connectivity index (χ1v) is 20.4. The third-order valence-corrected chi connectivity index (χ3v) is 10.4. The molecule has 1 atom stereocenters. The second-order valence-corrected chi connectivity index (χ2v) is 15.1. The van der Waals surface area contributed by atoms with Crippen LogP contribution in [0, 0.1) is 0 Å². The van der Waals surface area contributed by atoms with Crippen molar-refractivity contribution in [1.82, 2.24) is 50.3 Å². The average Bonchev–Trinajstić information content (AvgIpc) is 4.12. The molecule has 22 nitrogen and oxygen atoms in total. The van der Waals surface area contributed by atoms with Crippen molar-refractivity contribution < 1.29 is 51.2 Å². The van der Waals surface area contributed by atoms with Gasteiger partial charge in [0.05, 0.1) is 34.4 Å². The zero-order chi connectivity index (χ0) is 47.4. The van der Waals surface area contributed by atoms with E-state index in [4.69, 9.17) is 10.2 Å². The lowest BCUT2D eigenvalue weighted by Crippen LogP contribution is -2.54. The normalized spacial score (nSPS) is 14.7. The lowest BCUT2D eigenvalue weighted by molar-refractivity contribution is -0.136. The van der Waals surface area contributed by atoms with Crippen LogP contribution >= 0.6 is 0 Å². The molecule has 4 aromatic heterocycles. The van der Waals surface area contributed by atoms with E-state index in [2.05, 4.69) is 52.0 Å².